The molecule has 2 saturated heterocycles. The number of nitrogens with zero attached hydrogens (tertiary/aromatic N) is 1. The zero-order chi connectivity index (χ0) is 25.8. The normalized spacial score (nSPS) is 23.7. The molecule has 3 atom stereocenters. The van der Waals surface area contributed by atoms with Crippen LogP contribution in [-0.4, -0.2) is 60.6 Å². The summed E-state index contributed by atoms with van der Waals surface area (Å²) >= 11 is 2.84. The van der Waals surface area contributed by atoms with Gasteiger partial charge in [0, 0.05) is 42.7 Å². The van der Waals surface area contributed by atoms with Gasteiger partial charge >= 0.3 is 5.97 Å². The summed E-state index contributed by atoms with van der Waals surface area (Å²) in [5.41, 5.74) is 2.38. The van der Waals surface area contributed by atoms with Crippen LogP contribution in [0.2, 0.25) is 0 Å². The van der Waals surface area contributed by atoms with Crippen LogP contribution in [0.1, 0.15) is 28.8 Å². The summed E-state index contributed by atoms with van der Waals surface area (Å²) < 4.78 is 23.5. The van der Waals surface area contributed by atoms with Crippen molar-refractivity contribution >= 4 is 34.3 Å². The molecule has 2 unspecified atom stereocenters. The van der Waals surface area contributed by atoms with Crippen molar-refractivity contribution in [2.45, 2.75) is 37.3 Å². The van der Waals surface area contributed by atoms with Gasteiger partial charge in [0.15, 0.2) is 5.79 Å². The van der Waals surface area contributed by atoms with Crippen molar-refractivity contribution in [2.75, 3.05) is 26.6 Å². The molecule has 0 bridgehead atoms. The second-order valence-electron chi connectivity index (χ2n) is 8.98. The maximum atomic E-state index is 13.3. The lowest BCUT2D eigenvalue weighted by molar-refractivity contribution is -0.280. The highest BCUT2D eigenvalue weighted by Gasteiger charge is 2.52. The smallest absolute Gasteiger partial charge is 0.339 e. The van der Waals surface area contributed by atoms with Crippen LogP contribution in [0.25, 0.3) is 10.4 Å². The summed E-state index contributed by atoms with van der Waals surface area (Å²) in [5.74, 6) is -0.142. The molecular weight excluding hydrogens is 510 g/mol. The molecule has 0 aliphatic carbocycles. The molecule has 2 aliphatic rings. The van der Waals surface area contributed by atoms with Crippen LogP contribution >= 0.6 is 23.1 Å². The lowest BCUT2D eigenvalue weighted by Gasteiger charge is -2.45. The van der Waals surface area contributed by atoms with Gasteiger partial charge in [-0.3, -0.25) is 4.79 Å². The standard InChI is InChI=1S/C28H29NO6S2/c1-32-20-11-9-19(10-12-20)17-29-25(18-37-27(29)31)28(33-2)16-21(13-14-34-28)35-26(30)23-7-4-3-6-22(23)24-8-5-15-36-24/h3-12,15,21,25H,13-14,16-18H2,1-2H3/t21?,25-,28?/m0/s1. The number of hydrogen-bond acceptors (Lipinski definition) is 8. The molecule has 0 spiro atoms. The first-order valence-electron chi connectivity index (χ1n) is 12.1. The number of esters is 1. The van der Waals surface area contributed by atoms with Crippen molar-refractivity contribution in [3.05, 3.63) is 77.2 Å². The monoisotopic (exact) mass is 539 g/mol. The Bertz CT molecular complexity index is 1230. The Morgan fingerprint density at radius 2 is 1.92 bits per heavy atom. The van der Waals surface area contributed by atoms with Gasteiger partial charge in [0.05, 0.1) is 25.3 Å². The second-order valence-corrected chi connectivity index (χ2v) is 10.9. The van der Waals surface area contributed by atoms with Gasteiger partial charge in [-0.1, -0.05) is 48.2 Å². The first kappa shape index (κ1) is 25.8. The number of methoxy groups -OCH3 is 2. The molecule has 3 aromatic rings. The largest absolute Gasteiger partial charge is 0.497 e. The van der Waals surface area contributed by atoms with E-state index in [1.54, 1.807) is 36.5 Å². The van der Waals surface area contributed by atoms with Gasteiger partial charge in [0.25, 0.3) is 5.24 Å². The third-order valence-corrected chi connectivity index (χ3v) is 8.71. The van der Waals surface area contributed by atoms with E-state index in [2.05, 4.69) is 0 Å². The number of thiophene rings is 1. The zero-order valence-electron chi connectivity index (χ0n) is 20.8. The fourth-order valence-electron chi connectivity index (χ4n) is 4.89. The van der Waals surface area contributed by atoms with Crippen LogP contribution < -0.4 is 4.74 Å². The summed E-state index contributed by atoms with van der Waals surface area (Å²) in [4.78, 5) is 29.0. The highest BCUT2D eigenvalue weighted by Crippen LogP contribution is 2.40. The third-order valence-electron chi connectivity index (χ3n) is 6.85. The maximum Gasteiger partial charge on any atom is 0.339 e. The van der Waals surface area contributed by atoms with Crippen molar-refractivity contribution in [3.63, 3.8) is 0 Å². The molecule has 37 heavy (non-hydrogen) atoms. The number of thioether (sulfide) groups is 1. The Morgan fingerprint density at radius 1 is 1.11 bits per heavy atom. The SMILES string of the molecule is COc1ccc(CN2C(=O)SC[C@H]2C2(OC)CC(OC(=O)c3ccccc3-c3cccs3)CCO2)cc1. The molecule has 1 aromatic heterocycles. The van der Waals surface area contributed by atoms with Crippen LogP contribution in [0.4, 0.5) is 4.79 Å². The summed E-state index contributed by atoms with van der Waals surface area (Å²) in [5, 5.41) is 1.96. The quantitative estimate of drug-likeness (QED) is 0.333. The Morgan fingerprint density at radius 3 is 2.65 bits per heavy atom. The predicted octanol–water partition coefficient (Wildman–Crippen LogP) is 5.84. The Labute approximate surface area is 224 Å². The number of ether oxygens (including phenoxy) is 4. The molecule has 5 rings (SSSR count). The lowest BCUT2D eigenvalue weighted by atomic mass is 9.95. The molecule has 7 nitrogen and oxygen atoms in total. The molecule has 1 amide bonds. The molecule has 194 valence electrons. The van der Waals surface area contributed by atoms with E-state index in [0.717, 1.165) is 21.8 Å². The van der Waals surface area contributed by atoms with Gasteiger partial charge in [0.1, 0.15) is 11.9 Å². The van der Waals surface area contributed by atoms with E-state index in [9.17, 15) is 9.59 Å². The van der Waals surface area contributed by atoms with E-state index in [4.69, 9.17) is 18.9 Å². The summed E-state index contributed by atoms with van der Waals surface area (Å²) in [6.45, 7) is 0.789. The summed E-state index contributed by atoms with van der Waals surface area (Å²) in [6, 6.07) is 18.8. The lowest BCUT2D eigenvalue weighted by Crippen LogP contribution is -2.58. The molecule has 0 radical (unpaired) electrons. The van der Waals surface area contributed by atoms with E-state index in [0.29, 0.717) is 37.3 Å². The highest BCUT2D eigenvalue weighted by molar-refractivity contribution is 8.13. The first-order valence-corrected chi connectivity index (χ1v) is 14.0. The second kappa shape index (κ2) is 11.3. The number of amides is 1. The molecular formula is C28H29NO6S2. The fraction of sp³-hybridized carbons (Fsp3) is 0.357. The summed E-state index contributed by atoms with van der Waals surface area (Å²) in [7, 11) is 3.22. The van der Waals surface area contributed by atoms with Gasteiger partial charge in [-0.15, -0.1) is 11.3 Å². The van der Waals surface area contributed by atoms with Crippen molar-refractivity contribution in [3.8, 4) is 16.2 Å². The van der Waals surface area contributed by atoms with Gasteiger partial charge in [-0.25, -0.2) is 4.79 Å². The Kier molecular flexibility index (Phi) is 7.85. The topological polar surface area (TPSA) is 74.3 Å². The van der Waals surface area contributed by atoms with E-state index < -0.39 is 11.9 Å². The van der Waals surface area contributed by atoms with Gasteiger partial charge < -0.3 is 23.8 Å². The predicted molar refractivity (Wildman–Crippen MR) is 144 cm³/mol. The summed E-state index contributed by atoms with van der Waals surface area (Å²) in [6.07, 6.45) is 0.499. The van der Waals surface area contributed by atoms with E-state index in [1.165, 1.54) is 11.8 Å². The maximum absolute atomic E-state index is 13.3. The molecule has 2 aromatic carbocycles. The molecule has 2 fully saturated rings. The average Bonchev–Trinajstić information content (AvgIpc) is 3.60. The van der Waals surface area contributed by atoms with E-state index in [-0.39, 0.29) is 17.3 Å². The number of rotatable bonds is 8. The number of carbonyl (C=O) groups excluding carboxylic acids is 2. The van der Waals surface area contributed by atoms with Crippen molar-refractivity contribution < 1.29 is 28.5 Å². The minimum absolute atomic E-state index is 0.0233. The number of hydrogen-bond donors (Lipinski definition) is 0. The van der Waals surface area contributed by atoms with Crippen molar-refractivity contribution in [2.24, 2.45) is 0 Å². The van der Waals surface area contributed by atoms with Gasteiger partial charge in [0.2, 0.25) is 0 Å². The van der Waals surface area contributed by atoms with Crippen LogP contribution in [-0.2, 0) is 20.8 Å². The molecule has 3 heterocycles. The minimum Gasteiger partial charge on any atom is -0.497 e. The fourth-order valence-corrected chi connectivity index (χ4v) is 6.75. The average molecular weight is 540 g/mol. The van der Waals surface area contributed by atoms with Crippen molar-refractivity contribution in [1.82, 2.24) is 4.90 Å². The molecule has 9 heteroatoms. The Balaban J connectivity index is 1.33. The third kappa shape index (κ3) is 5.40. The first-order chi connectivity index (χ1) is 18.0. The van der Waals surface area contributed by atoms with Gasteiger partial charge in [-0.05, 0) is 35.2 Å². The zero-order valence-corrected chi connectivity index (χ0v) is 22.4. The van der Waals surface area contributed by atoms with Crippen LogP contribution in [0.15, 0.2) is 66.0 Å². The Hall–Kier alpha value is -2.85. The number of benzene rings is 2. The molecule has 2 aliphatic heterocycles. The minimum atomic E-state index is -1.07. The van der Waals surface area contributed by atoms with Crippen molar-refractivity contribution in [1.29, 1.82) is 0 Å². The highest BCUT2D eigenvalue weighted by atomic mass is 32.2. The molecule has 0 N–H and O–H groups in total. The molecule has 0 saturated carbocycles. The van der Waals surface area contributed by atoms with Crippen LogP contribution in [0.5, 0.6) is 5.75 Å². The van der Waals surface area contributed by atoms with E-state index >= 15 is 0 Å². The number of carbonyl (C=O) groups is 2. The van der Waals surface area contributed by atoms with Gasteiger partial charge in [-0.2, -0.15) is 0 Å². The van der Waals surface area contributed by atoms with Crippen LogP contribution in [0, 0.1) is 0 Å². The van der Waals surface area contributed by atoms with Crippen LogP contribution in [0.3, 0.4) is 0 Å². The van der Waals surface area contributed by atoms with E-state index in [1.807, 2.05) is 60.0 Å².